The zero-order valence-electron chi connectivity index (χ0n) is 15.7. The first-order valence-corrected chi connectivity index (χ1v) is 8.64. The van der Waals surface area contributed by atoms with Crippen LogP contribution in [0.4, 0.5) is 5.69 Å². The minimum Gasteiger partial charge on any atom is -0.342 e. The molecule has 0 unspecified atom stereocenters. The lowest BCUT2D eigenvalue weighted by Gasteiger charge is -2.35. The van der Waals surface area contributed by atoms with Crippen LogP contribution >= 0.6 is 0 Å². The molecular weight excluding hydrogens is 302 g/mol. The number of hydrogen-bond acceptors (Lipinski definition) is 3. The highest BCUT2D eigenvalue weighted by molar-refractivity contribution is 5.94. The number of nitrogens with zero attached hydrogens (tertiary/aromatic N) is 2. The first-order valence-electron chi connectivity index (χ1n) is 8.64. The second kappa shape index (κ2) is 6.91. The van der Waals surface area contributed by atoms with Crippen molar-refractivity contribution < 1.29 is 9.59 Å². The summed E-state index contributed by atoms with van der Waals surface area (Å²) in [5.74, 6) is 0.152. The molecule has 0 atom stereocenters. The van der Waals surface area contributed by atoms with Gasteiger partial charge in [-0.15, -0.1) is 0 Å². The molecule has 1 N–H and O–H groups in total. The van der Waals surface area contributed by atoms with Crippen LogP contribution in [-0.4, -0.2) is 34.8 Å². The van der Waals surface area contributed by atoms with Crippen molar-refractivity contribution in [3.8, 4) is 0 Å². The molecular formula is C19H29N3O2. The second-order valence-electron chi connectivity index (χ2n) is 7.85. The smallest absolute Gasteiger partial charge is 0.227 e. The van der Waals surface area contributed by atoms with Crippen LogP contribution in [-0.2, 0) is 9.59 Å². The van der Waals surface area contributed by atoms with E-state index in [-0.39, 0.29) is 23.1 Å². The quantitative estimate of drug-likeness (QED) is 0.905. The highest BCUT2D eigenvalue weighted by Crippen LogP contribution is 2.26. The summed E-state index contributed by atoms with van der Waals surface area (Å²) in [6.45, 7) is 13.0. The number of likely N-dealkylation sites (tertiary alicyclic amines) is 1. The Bertz CT molecular complexity index is 615. The van der Waals surface area contributed by atoms with Crippen LogP contribution in [0.15, 0.2) is 6.07 Å². The maximum absolute atomic E-state index is 12.6. The summed E-state index contributed by atoms with van der Waals surface area (Å²) in [7, 11) is 0. The van der Waals surface area contributed by atoms with Crippen molar-refractivity contribution in [1.82, 2.24) is 9.88 Å². The SMILES string of the molecule is Cc1cc(C)c(NC(=O)C2CCN(C(=O)C(C)(C)C)CC2)c(C)n1. The normalized spacial score (nSPS) is 16.2. The summed E-state index contributed by atoms with van der Waals surface area (Å²) < 4.78 is 0. The molecule has 5 nitrogen and oxygen atoms in total. The Morgan fingerprint density at radius 2 is 1.75 bits per heavy atom. The average molecular weight is 331 g/mol. The van der Waals surface area contributed by atoms with Gasteiger partial charge in [-0.05, 0) is 45.2 Å². The fraction of sp³-hybridized carbons (Fsp3) is 0.632. The summed E-state index contributed by atoms with van der Waals surface area (Å²) in [6, 6.07) is 1.98. The molecule has 0 aliphatic carbocycles. The van der Waals surface area contributed by atoms with Crippen LogP contribution < -0.4 is 5.32 Å². The van der Waals surface area contributed by atoms with E-state index in [1.165, 1.54) is 0 Å². The molecule has 132 valence electrons. The van der Waals surface area contributed by atoms with Crippen molar-refractivity contribution in [1.29, 1.82) is 0 Å². The number of hydrogen-bond donors (Lipinski definition) is 1. The Kier molecular flexibility index (Phi) is 5.31. The minimum atomic E-state index is -0.364. The van der Waals surface area contributed by atoms with E-state index >= 15 is 0 Å². The third-order valence-corrected chi connectivity index (χ3v) is 4.57. The maximum Gasteiger partial charge on any atom is 0.227 e. The number of carbonyl (C=O) groups excluding carboxylic acids is 2. The largest absolute Gasteiger partial charge is 0.342 e. The lowest BCUT2D eigenvalue weighted by molar-refractivity contribution is -0.142. The van der Waals surface area contributed by atoms with Crippen LogP contribution in [0.1, 0.15) is 50.6 Å². The van der Waals surface area contributed by atoms with Crippen molar-refractivity contribution in [2.75, 3.05) is 18.4 Å². The van der Waals surface area contributed by atoms with Crippen molar-refractivity contribution >= 4 is 17.5 Å². The molecule has 1 aliphatic rings. The standard InChI is InChI=1S/C19H29N3O2/c1-12-11-13(2)20-14(3)16(12)21-17(23)15-7-9-22(10-8-15)18(24)19(4,5)6/h11,15H,7-10H2,1-6H3,(H,21,23). The first-order chi connectivity index (χ1) is 11.1. The fourth-order valence-corrected chi connectivity index (χ4v) is 3.26. The third kappa shape index (κ3) is 4.13. The van der Waals surface area contributed by atoms with Gasteiger partial charge in [0.15, 0.2) is 0 Å². The van der Waals surface area contributed by atoms with E-state index in [2.05, 4.69) is 10.3 Å². The highest BCUT2D eigenvalue weighted by atomic mass is 16.2. The van der Waals surface area contributed by atoms with Crippen LogP contribution in [0.25, 0.3) is 0 Å². The molecule has 0 aromatic carbocycles. The highest BCUT2D eigenvalue weighted by Gasteiger charge is 2.32. The zero-order chi connectivity index (χ0) is 18.1. The summed E-state index contributed by atoms with van der Waals surface area (Å²) in [6.07, 6.45) is 1.43. The Morgan fingerprint density at radius 1 is 1.17 bits per heavy atom. The summed E-state index contributed by atoms with van der Waals surface area (Å²) in [4.78, 5) is 31.2. The molecule has 1 aromatic rings. The van der Waals surface area contributed by atoms with E-state index in [0.717, 1.165) is 22.6 Å². The number of piperidine rings is 1. The Labute approximate surface area is 144 Å². The molecule has 1 aliphatic heterocycles. The van der Waals surface area contributed by atoms with Crippen molar-refractivity contribution in [2.24, 2.45) is 11.3 Å². The molecule has 0 radical (unpaired) electrons. The van der Waals surface area contributed by atoms with Gasteiger partial charge in [0.2, 0.25) is 11.8 Å². The topological polar surface area (TPSA) is 62.3 Å². The lowest BCUT2D eigenvalue weighted by Crippen LogP contribution is -2.45. The molecule has 5 heteroatoms. The number of anilines is 1. The predicted octanol–water partition coefficient (Wildman–Crippen LogP) is 3.23. The van der Waals surface area contributed by atoms with Gasteiger partial charge in [-0.3, -0.25) is 14.6 Å². The third-order valence-electron chi connectivity index (χ3n) is 4.57. The Morgan fingerprint density at radius 3 is 2.25 bits per heavy atom. The summed E-state index contributed by atoms with van der Waals surface area (Å²) >= 11 is 0. The van der Waals surface area contributed by atoms with Crippen molar-refractivity contribution in [3.05, 3.63) is 23.0 Å². The Balaban J connectivity index is 1.98. The zero-order valence-corrected chi connectivity index (χ0v) is 15.7. The van der Waals surface area contributed by atoms with E-state index in [1.807, 2.05) is 52.5 Å². The van der Waals surface area contributed by atoms with Gasteiger partial charge in [0.05, 0.1) is 11.4 Å². The first kappa shape index (κ1) is 18.4. The van der Waals surface area contributed by atoms with Crippen LogP contribution in [0.3, 0.4) is 0 Å². The van der Waals surface area contributed by atoms with Crippen LogP contribution in [0.2, 0.25) is 0 Å². The molecule has 0 spiro atoms. The monoisotopic (exact) mass is 331 g/mol. The summed E-state index contributed by atoms with van der Waals surface area (Å²) in [5, 5.41) is 3.04. The molecule has 1 saturated heterocycles. The van der Waals surface area contributed by atoms with Gasteiger partial charge in [-0.1, -0.05) is 20.8 Å². The van der Waals surface area contributed by atoms with Gasteiger partial charge in [0.25, 0.3) is 0 Å². The van der Waals surface area contributed by atoms with Crippen molar-refractivity contribution in [2.45, 2.75) is 54.4 Å². The lowest BCUT2D eigenvalue weighted by atomic mass is 9.90. The molecule has 24 heavy (non-hydrogen) atoms. The fourth-order valence-electron chi connectivity index (χ4n) is 3.26. The number of nitrogens with one attached hydrogen (secondary N) is 1. The minimum absolute atomic E-state index is 0.0368. The van der Waals surface area contributed by atoms with Gasteiger partial charge < -0.3 is 10.2 Å². The number of pyridine rings is 1. The predicted molar refractivity (Wildman–Crippen MR) is 95.8 cm³/mol. The molecule has 2 heterocycles. The van der Waals surface area contributed by atoms with Gasteiger partial charge >= 0.3 is 0 Å². The molecule has 0 bridgehead atoms. The number of aromatic nitrogens is 1. The van der Waals surface area contributed by atoms with Gasteiger partial charge in [0, 0.05) is 30.1 Å². The van der Waals surface area contributed by atoms with Gasteiger partial charge in [-0.25, -0.2) is 0 Å². The van der Waals surface area contributed by atoms with Gasteiger partial charge in [-0.2, -0.15) is 0 Å². The molecule has 2 amide bonds. The summed E-state index contributed by atoms with van der Waals surface area (Å²) in [5.41, 5.74) is 3.29. The van der Waals surface area contributed by atoms with E-state index in [0.29, 0.717) is 25.9 Å². The number of rotatable bonds is 2. The molecule has 2 rings (SSSR count). The Hall–Kier alpha value is -1.91. The second-order valence-corrected chi connectivity index (χ2v) is 7.85. The number of amides is 2. The van der Waals surface area contributed by atoms with Crippen LogP contribution in [0.5, 0.6) is 0 Å². The molecule has 1 aromatic heterocycles. The number of carbonyl (C=O) groups is 2. The number of aryl methyl sites for hydroxylation is 3. The van der Waals surface area contributed by atoms with Gasteiger partial charge in [0.1, 0.15) is 0 Å². The van der Waals surface area contributed by atoms with E-state index in [4.69, 9.17) is 0 Å². The van der Waals surface area contributed by atoms with Crippen LogP contribution in [0, 0.1) is 32.1 Å². The van der Waals surface area contributed by atoms with E-state index in [1.54, 1.807) is 0 Å². The molecule has 1 fully saturated rings. The van der Waals surface area contributed by atoms with Crippen molar-refractivity contribution in [3.63, 3.8) is 0 Å². The molecule has 0 saturated carbocycles. The average Bonchev–Trinajstić information content (AvgIpc) is 2.49. The van der Waals surface area contributed by atoms with E-state index < -0.39 is 0 Å². The van der Waals surface area contributed by atoms with E-state index in [9.17, 15) is 9.59 Å². The maximum atomic E-state index is 12.6.